The minimum absolute atomic E-state index is 0.263. The molecule has 4 N–H and O–H groups in total. The summed E-state index contributed by atoms with van der Waals surface area (Å²) in [5.74, 6) is -1.32. The molecule has 3 heterocycles. The lowest BCUT2D eigenvalue weighted by Gasteiger charge is -2.51. The van der Waals surface area contributed by atoms with Gasteiger partial charge in [0.25, 0.3) is 0 Å². The second-order valence-electron chi connectivity index (χ2n) is 8.36. The van der Waals surface area contributed by atoms with Crippen molar-refractivity contribution in [3.63, 3.8) is 0 Å². The number of anilines is 2. The molecule has 3 rings (SSSR count). The van der Waals surface area contributed by atoms with Crippen LogP contribution in [0.15, 0.2) is 6.20 Å². The number of rotatable bonds is 2. The van der Waals surface area contributed by atoms with Gasteiger partial charge in [-0.25, -0.2) is 9.78 Å². The van der Waals surface area contributed by atoms with Gasteiger partial charge in [-0.15, -0.1) is 0 Å². The highest BCUT2D eigenvalue weighted by Crippen LogP contribution is 2.47. The van der Waals surface area contributed by atoms with Crippen LogP contribution in [0.25, 0.3) is 0 Å². The number of hydrogen-bond donors (Lipinski definition) is 2. The first-order valence-electron chi connectivity index (χ1n) is 9.09. The summed E-state index contributed by atoms with van der Waals surface area (Å²) in [4.78, 5) is 17.2. The molecule has 1 aromatic heterocycles. The molecule has 2 aliphatic heterocycles. The third kappa shape index (κ3) is 3.77. The molecular formula is C18H25F3N4O3. The van der Waals surface area contributed by atoms with Crippen molar-refractivity contribution >= 4 is 17.5 Å². The first-order valence-corrected chi connectivity index (χ1v) is 9.09. The van der Waals surface area contributed by atoms with E-state index in [1.54, 1.807) is 4.90 Å². The van der Waals surface area contributed by atoms with Gasteiger partial charge >= 0.3 is 12.3 Å². The zero-order valence-electron chi connectivity index (χ0n) is 16.0. The Kier molecular flexibility index (Phi) is 5.01. The van der Waals surface area contributed by atoms with Crippen molar-refractivity contribution < 1.29 is 27.4 Å². The topological polar surface area (TPSA) is 104 Å². The SMILES string of the molecule is CC(C)(C)C1[C@@H](OC(N)=O)C[C@@H](C(F)(F)F)CN1c1c(N)cnc2c1CCO2. The number of alkyl halides is 3. The maximum atomic E-state index is 13.7. The van der Waals surface area contributed by atoms with Crippen molar-refractivity contribution in [2.24, 2.45) is 17.1 Å². The molecule has 3 atom stereocenters. The van der Waals surface area contributed by atoms with Gasteiger partial charge in [0.05, 0.1) is 36.1 Å². The van der Waals surface area contributed by atoms with E-state index < -0.39 is 35.7 Å². The number of aromatic nitrogens is 1. The zero-order valence-corrected chi connectivity index (χ0v) is 16.0. The molecule has 1 fully saturated rings. The number of carbonyl (C=O) groups excluding carboxylic acids is 1. The van der Waals surface area contributed by atoms with E-state index in [-0.39, 0.29) is 18.7 Å². The van der Waals surface area contributed by atoms with E-state index in [0.29, 0.717) is 30.2 Å². The van der Waals surface area contributed by atoms with Crippen molar-refractivity contribution in [3.8, 4) is 5.88 Å². The third-order valence-corrected chi connectivity index (χ3v) is 5.26. The van der Waals surface area contributed by atoms with Gasteiger partial charge in [-0.2, -0.15) is 13.2 Å². The predicted octanol–water partition coefficient (Wildman–Crippen LogP) is 2.87. The first-order chi connectivity index (χ1) is 12.9. The number of piperidine rings is 1. The Morgan fingerprint density at radius 1 is 1.36 bits per heavy atom. The third-order valence-electron chi connectivity index (χ3n) is 5.26. The average Bonchev–Trinajstić information content (AvgIpc) is 2.99. The van der Waals surface area contributed by atoms with E-state index in [1.165, 1.54) is 6.20 Å². The number of primary amides is 1. The number of carbonyl (C=O) groups is 1. The normalized spacial score (nSPS) is 25.2. The molecule has 1 unspecified atom stereocenters. The number of nitrogens with two attached hydrogens (primary N) is 2. The largest absolute Gasteiger partial charge is 0.477 e. The lowest BCUT2D eigenvalue weighted by molar-refractivity contribution is -0.187. The molecule has 0 aromatic carbocycles. The van der Waals surface area contributed by atoms with E-state index in [4.69, 9.17) is 20.9 Å². The molecule has 1 amide bonds. The minimum Gasteiger partial charge on any atom is -0.477 e. The number of nitrogens with zero attached hydrogens (tertiary/aromatic N) is 2. The molecule has 156 valence electrons. The molecule has 10 heteroatoms. The second-order valence-corrected chi connectivity index (χ2v) is 8.36. The van der Waals surface area contributed by atoms with E-state index in [9.17, 15) is 18.0 Å². The molecule has 1 aromatic rings. The summed E-state index contributed by atoms with van der Waals surface area (Å²) < 4.78 is 51.7. The average molecular weight is 402 g/mol. The summed E-state index contributed by atoms with van der Waals surface area (Å²) in [6.45, 7) is 5.72. The van der Waals surface area contributed by atoms with Gasteiger partial charge in [-0.1, -0.05) is 20.8 Å². The Balaban J connectivity index is 2.14. The van der Waals surface area contributed by atoms with Gasteiger partial charge in [-0.3, -0.25) is 0 Å². The van der Waals surface area contributed by atoms with Gasteiger partial charge in [0.1, 0.15) is 6.10 Å². The van der Waals surface area contributed by atoms with Crippen LogP contribution in [0, 0.1) is 11.3 Å². The van der Waals surface area contributed by atoms with Crippen LogP contribution in [-0.4, -0.2) is 42.6 Å². The van der Waals surface area contributed by atoms with Crippen LogP contribution < -0.4 is 21.1 Å². The minimum atomic E-state index is -4.46. The summed E-state index contributed by atoms with van der Waals surface area (Å²) in [5, 5.41) is 0. The van der Waals surface area contributed by atoms with Gasteiger partial charge < -0.3 is 25.8 Å². The Bertz CT molecular complexity index is 764. The van der Waals surface area contributed by atoms with E-state index in [2.05, 4.69) is 4.98 Å². The summed E-state index contributed by atoms with van der Waals surface area (Å²) >= 11 is 0. The summed E-state index contributed by atoms with van der Waals surface area (Å²) in [7, 11) is 0. The quantitative estimate of drug-likeness (QED) is 0.788. The fourth-order valence-electron chi connectivity index (χ4n) is 4.27. The molecule has 2 aliphatic rings. The summed E-state index contributed by atoms with van der Waals surface area (Å²) in [6, 6.07) is -0.562. The molecule has 1 saturated heterocycles. The van der Waals surface area contributed by atoms with Crippen LogP contribution in [0.3, 0.4) is 0 Å². The van der Waals surface area contributed by atoms with Crippen molar-refractivity contribution in [1.82, 2.24) is 4.98 Å². The van der Waals surface area contributed by atoms with Crippen molar-refractivity contribution in [1.29, 1.82) is 0 Å². The molecular weight excluding hydrogens is 377 g/mol. The number of fused-ring (bicyclic) bond motifs is 1. The Morgan fingerprint density at radius 3 is 2.61 bits per heavy atom. The van der Waals surface area contributed by atoms with Crippen molar-refractivity contribution in [2.75, 3.05) is 23.8 Å². The monoisotopic (exact) mass is 402 g/mol. The zero-order chi connectivity index (χ0) is 20.9. The van der Waals surface area contributed by atoms with Crippen LogP contribution in [0.5, 0.6) is 5.88 Å². The highest BCUT2D eigenvalue weighted by Gasteiger charge is 2.52. The maximum absolute atomic E-state index is 13.7. The Hall–Kier alpha value is -2.39. The fourth-order valence-corrected chi connectivity index (χ4v) is 4.27. The van der Waals surface area contributed by atoms with E-state index in [0.717, 1.165) is 0 Å². The Morgan fingerprint density at radius 2 is 2.04 bits per heavy atom. The van der Waals surface area contributed by atoms with Crippen LogP contribution in [0.4, 0.5) is 29.3 Å². The Labute approximate surface area is 161 Å². The number of ether oxygens (including phenoxy) is 2. The van der Waals surface area contributed by atoms with Gasteiger partial charge in [-0.05, 0) is 11.8 Å². The molecule has 0 radical (unpaired) electrons. The highest BCUT2D eigenvalue weighted by atomic mass is 19.4. The van der Waals surface area contributed by atoms with Crippen molar-refractivity contribution in [3.05, 3.63) is 11.8 Å². The fraction of sp³-hybridized carbons (Fsp3) is 0.667. The van der Waals surface area contributed by atoms with Crippen molar-refractivity contribution in [2.45, 2.75) is 51.9 Å². The van der Waals surface area contributed by atoms with Crippen LogP contribution in [-0.2, 0) is 11.2 Å². The number of halogens is 3. The van der Waals surface area contributed by atoms with Gasteiger partial charge in [0, 0.05) is 18.5 Å². The lowest BCUT2D eigenvalue weighted by atomic mass is 9.75. The maximum Gasteiger partial charge on any atom is 0.404 e. The number of amides is 1. The summed E-state index contributed by atoms with van der Waals surface area (Å²) in [6.07, 6.45) is -5.06. The molecule has 28 heavy (non-hydrogen) atoms. The second kappa shape index (κ2) is 6.89. The highest BCUT2D eigenvalue weighted by molar-refractivity contribution is 5.74. The summed E-state index contributed by atoms with van der Waals surface area (Å²) in [5.41, 5.74) is 12.2. The number of hydrogen-bond acceptors (Lipinski definition) is 6. The smallest absolute Gasteiger partial charge is 0.404 e. The van der Waals surface area contributed by atoms with E-state index >= 15 is 0 Å². The van der Waals surface area contributed by atoms with Gasteiger partial charge in [0.2, 0.25) is 5.88 Å². The standard InChI is InChI=1S/C18H25F3N4O3/c1-17(2,3)14-12(28-16(23)26)6-9(18(19,20)21)8-25(14)13-10-4-5-27-15(10)24-7-11(13)22/h7,9,12,14H,4-6,8,22H2,1-3H3,(H2,23,26)/t9-,12+,14?/m1/s1. The number of nitrogen functional groups attached to an aromatic ring is 1. The molecule has 0 spiro atoms. The van der Waals surface area contributed by atoms with Crippen LogP contribution in [0.1, 0.15) is 32.8 Å². The number of pyridine rings is 1. The van der Waals surface area contributed by atoms with Crippen LogP contribution >= 0.6 is 0 Å². The molecule has 0 saturated carbocycles. The van der Waals surface area contributed by atoms with Gasteiger partial charge in [0.15, 0.2) is 0 Å². The lowest BCUT2D eigenvalue weighted by Crippen LogP contribution is -2.61. The predicted molar refractivity (Wildman–Crippen MR) is 97.1 cm³/mol. The molecule has 7 nitrogen and oxygen atoms in total. The van der Waals surface area contributed by atoms with E-state index in [1.807, 2.05) is 20.8 Å². The molecule has 0 bridgehead atoms. The first kappa shape index (κ1) is 20.3. The van der Waals surface area contributed by atoms with Crippen LogP contribution in [0.2, 0.25) is 0 Å². The molecule has 0 aliphatic carbocycles.